The van der Waals surface area contributed by atoms with E-state index in [-0.39, 0.29) is 35.6 Å². The molecule has 2 aromatic heterocycles. The van der Waals surface area contributed by atoms with Gasteiger partial charge in [0, 0.05) is 24.7 Å². The molecule has 0 bridgehead atoms. The molecular weight excluding hydrogens is 752 g/mol. The first-order valence-corrected chi connectivity index (χ1v) is 19.7. The fourth-order valence-corrected chi connectivity index (χ4v) is 7.44. The van der Waals surface area contributed by atoms with Crippen molar-refractivity contribution in [2.45, 2.75) is 78.0 Å². The largest absolute Gasteiger partial charge is 0.478 e. The molecule has 4 aromatic rings. The normalized spacial score (nSPS) is 14.5. The molecule has 0 amide bonds. The lowest BCUT2D eigenvalue weighted by Gasteiger charge is -2.28. The quantitative estimate of drug-likeness (QED) is 0.116. The average Bonchev–Trinajstić information content (AvgIpc) is 3.12. The number of anilines is 2. The van der Waals surface area contributed by atoms with Crippen molar-refractivity contribution < 1.29 is 41.0 Å². The third-order valence-corrected chi connectivity index (χ3v) is 10.2. The molecule has 1 aliphatic rings. The molecule has 17 heteroatoms. The second kappa shape index (κ2) is 17.5. The topological polar surface area (TPSA) is 169 Å². The van der Waals surface area contributed by atoms with E-state index in [9.17, 15) is 18.3 Å². The SMILES string of the molecule is Cc1cccc(CC(C)C)c1-c1nc(NS(=O)(=O)c2cccc(C(=O)O)c2)nc(OC[C@@H](CC(C)(C)C)NCc2ncc(N3CCOCC3)cn2)c1C(F)(F)F. The Morgan fingerprint density at radius 2 is 1.71 bits per heavy atom. The minimum absolute atomic E-state index is 0.0608. The number of nitrogens with one attached hydrogen (secondary N) is 2. The average molecular weight is 800 g/mol. The molecule has 1 saturated heterocycles. The number of aryl methyl sites for hydroxylation is 1. The zero-order valence-electron chi connectivity index (χ0n) is 32.3. The number of carboxylic acid groups (broad SMARTS) is 1. The molecule has 56 heavy (non-hydrogen) atoms. The Kier molecular flexibility index (Phi) is 13.2. The first-order valence-electron chi connectivity index (χ1n) is 18.2. The summed E-state index contributed by atoms with van der Waals surface area (Å²) in [6.07, 6.45) is -0.707. The van der Waals surface area contributed by atoms with Gasteiger partial charge in [0.25, 0.3) is 10.0 Å². The number of sulfonamides is 1. The summed E-state index contributed by atoms with van der Waals surface area (Å²) in [4.78, 5) is 30.5. The van der Waals surface area contributed by atoms with Crippen LogP contribution in [0.25, 0.3) is 11.3 Å². The number of alkyl halides is 3. The fourth-order valence-electron chi connectivity index (χ4n) is 6.45. The second-order valence-electron chi connectivity index (χ2n) is 15.3. The number of ether oxygens (including phenoxy) is 2. The molecule has 13 nitrogen and oxygen atoms in total. The Bertz CT molecular complexity index is 2100. The van der Waals surface area contributed by atoms with Crippen LogP contribution in [0.4, 0.5) is 24.8 Å². The van der Waals surface area contributed by atoms with Gasteiger partial charge < -0.3 is 24.8 Å². The summed E-state index contributed by atoms with van der Waals surface area (Å²) in [6, 6.07) is 9.12. The minimum atomic E-state index is -5.03. The first-order chi connectivity index (χ1) is 26.3. The zero-order valence-corrected chi connectivity index (χ0v) is 33.1. The van der Waals surface area contributed by atoms with Gasteiger partial charge >= 0.3 is 12.1 Å². The van der Waals surface area contributed by atoms with Crippen molar-refractivity contribution in [2.24, 2.45) is 11.3 Å². The lowest BCUT2D eigenvalue weighted by atomic mass is 9.88. The van der Waals surface area contributed by atoms with Crippen LogP contribution < -0.4 is 19.7 Å². The van der Waals surface area contributed by atoms with Crippen LogP contribution in [0.3, 0.4) is 0 Å². The minimum Gasteiger partial charge on any atom is -0.478 e. The maximum absolute atomic E-state index is 15.3. The molecule has 1 aliphatic heterocycles. The van der Waals surface area contributed by atoms with E-state index in [4.69, 9.17) is 9.47 Å². The number of benzene rings is 2. The number of aromatic nitrogens is 4. The Morgan fingerprint density at radius 3 is 2.34 bits per heavy atom. The molecule has 3 heterocycles. The second-order valence-corrected chi connectivity index (χ2v) is 17.0. The van der Waals surface area contributed by atoms with Gasteiger partial charge in [-0.15, -0.1) is 0 Å². The summed E-state index contributed by atoms with van der Waals surface area (Å²) in [5, 5.41) is 12.8. The monoisotopic (exact) mass is 799 g/mol. The van der Waals surface area contributed by atoms with E-state index >= 15 is 13.2 Å². The molecule has 302 valence electrons. The van der Waals surface area contributed by atoms with Crippen molar-refractivity contribution in [3.05, 3.63) is 82.9 Å². The molecule has 0 spiro atoms. The molecule has 0 aliphatic carbocycles. The van der Waals surface area contributed by atoms with Gasteiger partial charge in [-0.1, -0.05) is 58.9 Å². The summed E-state index contributed by atoms with van der Waals surface area (Å²) >= 11 is 0. The third kappa shape index (κ3) is 11.1. The van der Waals surface area contributed by atoms with Gasteiger partial charge in [0.1, 0.15) is 18.0 Å². The Labute approximate surface area is 325 Å². The van der Waals surface area contributed by atoms with Crippen LogP contribution in [0, 0.1) is 18.3 Å². The van der Waals surface area contributed by atoms with Gasteiger partial charge in [0.2, 0.25) is 11.8 Å². The Balaban J connectivity index is 1.54. The number of carboxylic acids is 1. The molecule has 3 N–H and O–H groups in total. The highest BCUT2D eigenvalue weighted by molar-refractivity contribution is 7.92. The van der Waals surface area contributed by atoms with Crippen molar-refractivity contribution in [3.63, 3.8) is 0 Å². The predicted octanol–water partition coefficient (Wildman–Crippen LogP) is 6.77. The third-order valence-electron chi connectivity index (χ3n) is 8.90. The van der Waals surface area contributed by atoms with Crippen LogP contribution >= 0.6 is 0 Å². The highest BCUT2D eigenvalue weighted by atomic mass is 32.2. The van der Waals surface area contributed by atoms with E-state index in [1.165, 1.54) is 12.1 Å². The number of hydrogen-bond acceptors (Lipinski definition) is 11. The zero-order chi connectivity index (χ0) is 40.8. The molecular formula is C39H48F3N7O6S. The van der Waals surface area contributed by atoms with Crippen molar-refractivity contribution in [1.82, 2.24) is 25.3 Å². The van der Waals surface area contributed by atoms with Gasteiger partial charge in [0.15, 0.2) is 0 Å². The summed E-state index contributed by atoms with van der Waals surface area (Å²) < 4.78 is 86.7. The number of halogens is 3. The standard InChI is InChI=1S/C39H48F3N7O6S/c1-24(2)17-26-10-7-9-25(3)32(26)34-33(39(40,41)42)35(47-37(46-34)48-56(52,53)30-12-8-11-27(18-30)36(50)51)55-23-28(19-38(4,5)6)43-22-31-44-20-29(21-45-31)49-13-15-54-16-14-49/h7-12,18,20-21,24,28,43H,13-17,19,22-23H2,1-6H3,(H,50,51)(H,46,47,48)/t28-/m1/s1. The molecule has 1 fully saturated rings. The molecule has 5 rings (SSSR count). The van der Waals surface area contributed by atoms with Crippen molar-refractivity contribution in [3.8, 4) is 17.1 Å². The van der Waals surface area contributed by atoms with Gasteiger partial charge in [-0.3, -0.25) is 0 Å². The van der Waals surface area contributed by atoms with Crippen LogP contribution in [0.2, 0.25) is 0 Å². The van der Waals surface area contributed by atoms with E-state index in [1.807, 2.05) is 34.6 Å². The van der Waals surface area contributed by atoms with Crippen LogP contribution in [-0.2, 0) is 33.9 Å². The van der Waals surface area contributed by atoms with E-state index in [0.717, 1.165) is 30.9 Å². The Morgan fingerprint density at radius 1 is 1.04 bits per heavy atom. The lowest BCUT2D eigenvalue weighted by Crippen LogP contribution is -2.38. The van der Waals surface area contributed by atoms with E-state index in [0.29, 0.717) is 43.0 Å². The maximum Gasteiger partial charge on any atom is 0.423 e. The molecule has 0 unspecified atom stereocenters. The number of morpholine rings is 1. The number of rotatable bonds is 15. The predicted molar refractivity (Wildman–Crippen MR) is 205 cm³/mol. The summed E-state index contributed by atoms with van der Waals surface area (Å²) in [5.41, 5.74) is -0.317. The van der Waals surface area contributed by atoms with E-state index in [2.05, 4.69) is 34.9 Å². The fraction of sp³-hybridized carbons (Fsp3) is 0.462. The van der Waals surface area contributed by atoms with Crippen molar-refractivity contribution >= 4 is 27.6 Å². The number of hydrogen-bond donors (Lipinski definition) is 3. The van der Waals surface area contributed by atoms with Crippen LogP contribution in [0.1, 0.15) is 73.9 Å². The highest BCUT2D eigenvalue weighted by Crippen LogP contribution is 2.44. The summed E-state index contributed by atoms with van der Waals surface area (Å²) in [7, 11) is -4.59. The number of aromatic carboxylic acids is 1. The van der Waals surface area contributed by atoms with Gasteiger partial charge in [-0.2, -0.15) is 18.2 Å². The van der Waals surface area contributed by atoms with Crippen molar-refractivity contribution in [2.75, 3.05) is 42.5 Å². The maximum atomic E-state index is 15.3. The lowest BCUT2D eigenvalue weighted by molar-refractivity contribution is -0.139. The molecule has 0 saturated carbocycles. The van der Waals surface area contributed by atoms with E-state index < -0.39 is 56.2 Å². The summed E-state index contributed by atoms with van der Waals surface area (Å²) in [6.45, 7) is 14.0. The van der Waals surface area contributed by atoms with Gasteiger partial charge in [-0.25, -0.2) is 32.9 Å². The highest BCUT2D eigenvalue weighted by Gasteiger charge is 2.41. The van der Waals surface area contributed by atoms with Crippen LogP contribution in [-0.4, -0.2) is 78.4 Å². The van der Waals surface area contributed by atoms with Gasteiger partial charge in [-0.05, 0) is 60.4 Å². The first kappa shape index (κ1) is 42.3. The summed E-state index contributed by atoms with van der Waals surface area (Å²) in [5.74, 6) is -2.38. The molecule has 1 atom stereocenters. The Hall–Kier alpha value is -4.87. The molecule has 2 aromatic carbocycles. The van der Waals surface area contributed by atoms with Crippen molar-refractivity contribution in [1.29, 1.82) is 0 Å². The van der Waals surface area contributed by atoms with E-state index in [1.54, 1.807) is 37.5 Å². The van der Waals surface area contributed by atoms with Gasteiger partial charge in [0.05, 0.1) is 54.0 Å². The number of carbonyl (C=O) groups is 1. The van der Waals surface area contributed by atoms with Crippen LogP contribution in [0.15, 0.2) is 59.8 Å². The molecule has 0 radical (unpaired) electrons. The van der Waals surface area contributed by atoms with Crippen LogP contribution in [0.5, 0.6) is 5.88 Å². The smallest absolute Gasteiger partial charge is 0.423 e. The number of nitrogens with zero attached hydrogens (tertiary/aromatic N) is 5.